The van der Waals surface area contributed by atoms with Crippen LogP contribution in [-0.2, 0) is 9.57 Å². The smallest absolute Gasteiger partial charge is 0.156 e. The van der Waals surface area contributed by atoms with Crippen LogP contribution >= 0.6 is 0 Å². The van der Waals surface area contributed by atoms with Crippen LogP contribution in [-0.4, -0.2) is 65.1 Å². The van der Waals surface area contributed by atoms with E-state index in [1.807, 2.05) is 46.9 Å². The summed E-state index contributed by atoms with van der Waals surface area (Å²) in [7, 11) is 1.62. The molecule has 9 heteroatoms. The van der Waals surface area contributed by atoms with E-state index in [-0.39, 0.29) is 30.3 Å². The summed E-state index contributed by atoms with van der Waals surface area (Å²) in [4.78, 5) is 8.09. The number of ether oxygens (including phenoxy) is 1. The lowest BCUT2D eigenvalue weighted by atomic mass is 10.0. The van der Waals surface area contributed by atoms with Gasteiger partial charge in [-0.1, -0.05) is 6.07 Å². The molecule has 2 aliphatic heterocycles. The van der Waals surface area contributed by atoms with Crippen molar-refractivity contribution in [2.75, 3.05) is 33.4 Å². The van der Waals surface area contributed by atoms with Gasteiger partial charge in [-0.25, -0.2) is 8.91 Å². The van der Waals surface area contributed by atoms with Gasteiger partial charge in [-0.15, -0.1) is 0 Å². The molecule has 0 saturated carbocycles. The van der Waals surface area contributed by atoms with Crippen LogP contribution in [0, 0.1) is 0 Å². The third-order valence-corrected chi connectivity index (χ3v) is 5.50. The molecule has 4 rings (SSSR count). The van der Waals surface area contributed by atoms with Crippen LogP contribution in [0.4, 0.5) is 4.39 Å². The number of nitrogens with two attached hydrogens (primary N) is 1. The minimum Gasteiger partial charge on any atom is -0.383 e. The second-order valence-electron chi connectivity index (χ2n) is 7.65. The zero-order chi connectivity index (χ0) is 20.4. The molecule has 8 nitrogen and oxygen atoms in total. The molecular weight excluding hydrogens is 375 g/mol. The zero-order valence-electron chi connectivity index (χ0n) is 16.9. The number of aromatic nitrogens is 2. The highest BCUT2D eigenvalue weighted by molar-refractivity contribution is 5.55. The van der Waals surface area contributed by atoms with Crippen molar-refractivity contribution in [2.24, 2.45) is 5.73 Å². The van der Waals surface area contributed by atoms with Crippen molar-refractivity contribution in [3.05, 3.63) is 47.8 Å². The van der Waals surface area contributed by atoms with E-state index in [0.717, 1.165) is 37.0 Å². The molecule has 3 N–H and O–H groups in total. The third kappa shape index (κ3) is 3.95. The van der Waals surface area contributed by atoms with Gasteiger partial charge in [0.2, 0.25) is 0 Å². The van der Waals surface area contributed by atoms with Gasteiger partial charge in [0.15, 0.2) is 5.83 Å². The Hall–Kier alpha value is -2.20. The maximum Gasteiger partial charge on any atom is 0.156 e. The second-order valence-corrected chi connectivity index (χ2v) is 7.65. The van der Waals surface area contributed by atoms with Gasteiger partial charge >= 0.3 is 0 Å². The van der Waals surface area contributed by atoms with Gasteiger partial charge in [0.25, 0.3) is 0 Å². The fraction of sp³-hybridized carbons (Fsp3) is 0.550. The van der Waals surface area contributed by atoms with Crippen molar-refractivity contribution in [2.45, 2.75) is 38.1 Å². The first-order chi connectivity index (χ1) is 14.1. The van der Waals surface area contributed by atoms with Crippen molar-refractivity contribution in [1.82, 2.24) is 24.9 Å². The van der Waals surface area contributed by atoms with Gasteiger partial charge in [0.1, 0.15) is 12.0 Å². The molecule has 1 fully saturated rings. The quantitative estimate of drug-likeness (QED) is 0.759. The molecular formula is C20H29FN6O2. The van der Waals surface area contributed by atoms with E-state index in [9.17, 15) is 4.39 Å². The van der Waals surface area contributed by atoms with E-state index in [1.54, 1.807) is 12.2 Å². The fourth-order valence-electron chi connectivity index (χ4n) is 4.23. The number of hydrogen-bond donors (Lipinski definition) is 2. The minimum atomic E-state index is -0.390. The van der Waals surface area contributed by atoms with Crippen LogP contribution in [0.25, 0.3) is 5.52 Å². The molecule has 29 heavy (non-hydrogen) atoms. The lowest BCUT2D eigenvalue weighted by Gasteiger charge is -2.48. The largest absolute Gasteiger partial charge is 0.383 e. The molecule has 0 amide bonds. The molecule has 158 valence electrons. The molecule has 3 atom stereocenters. The van der Waals surface area contributed by atoms with E-state index < -0.39 is 6.17 Å². The summed E-state index contributed by atoms with van der Waals surface area (Å²) < 4.78 is 21.9. The number of hydrogen-bond acceptors (Lipinski definition) is 7. The average molecular weight is 404 g/mol. The summed E-state index contributed by atoms with van der Waals surface area (Å²) in [5.41, 5.74) is 8.18. The molecule has 2 aliphatic rings. The normalized spacial score (nSPS) is 25.0. The second kappa shape index (κ2) is 8.66. The lowest BCUT2D eigenvalue weighted by molar-refractivity contribution is -0.258. The molecule has 2 aromatic rings. The average Bonchev–Trinajstić information content (AvgIpc) is 3.15. The molecule has 2 aromatic heterocycles. The SMILES string of the molecule is COCC(C)ON1CC(F)=C(N)N(C2CCCNC2)C1c1cnn2ccccc12. The van der Waals surface area contributed by atoms with Crippen LogP contribution in [0.5, 0.6) is 0 Å². The van der Waals surface area contributed by atoms with Crippen LogP contribution in [0.15, 0.2) is 42.2 Å². The number of rotatable bonds is 6. The topological polar surface area (TPSA) is 80.3 Å². The standard InChI is InChI=1S/C20H29FN6O2/c1-14(13-28-2)29-26-12-17(21)19(22)27(15-6-5-8-23-10-15)20(26)16-11-24-25-9-4-3-7-18(16)25/h3-4,7,9,11,14-15,20,23H,5-6,8,10,12-13,22H2,1-2H3. The van der Waals surface area contributed by atoms with Gasteiger partial charge in [-0.3, -0.25) is 4.84 Å². The summed E-state index contributed by atoms with van der Waals surface area (Å²) >= 11 is 0. The molecule has 1 saturated heterocycles. The maximum atomic E-state index is 14.9. The van der Waals surface area contributed by atoms with E-state index in [2.05, 4.69) is 10.4 Å². The zero-order valence-corrected chi connectivity index (χ0v) is 16.9. The monoisotopic (exact) mass is 404 g/mol. The highest BCUT2D eigenvalue weighted by Crippen LogP contribution is 2.38. The van der Waals surface area contributed by atoms with E-state index in [0.29, 0.717) is 6.61 Å². The van der Waals surface area contributed by atoms with Crippen molar-refractivity contribution in [1.29, 1.82) is 0 Å². The first-order valence-corrected chi connectivity index (χ1v) is 10.1. The first-order valence-electron chi connectivity index (χ1n) is 10.1. The number of hydroxylamine groups is 2. The molecule has 3 unspecified atom stereocenters. The summed E-state index contributed by atoms with van der Waals surface area (Å²) in [6, 6.07) is 5.95. The molecule has 0 bridgehead atoms. The van der Waals surface area contributed by atoms with E-state index in [4.69, 9.17) is 15.3 Å². The van der Waals surface area contributed by atoms with Crippen molar-refractivity contribution in [3.63, 3.8) is 0 Å². The highest BCUT2D eigenvalue weighted by Gasteiger charge is 2.41. The molecule has 4 heterocycles. The Kier molecular flexibility index (Phi) is 6.00. The Bertz CT molecular complexity index is 866. The first kappa shape index (κ1) is 20.1. The Morgan fingerprint density at radius 3 is 3.03 bits per heavy atom. The number of pyridine rings is 1. The van der Waals surface area contributed by atoms with Gasteiger partial charge in [-0.2, -0.15) is 10.2 Å². The number of fused-ring (bicyclic) bond motifs is 1. The predicted octanol–water partition coefficient (Wildman–Crippen LogP) is 1.77. The lowest BCUT2D eigenvalue weighted by Crippen LogP contribution is -2.56. The third-order valence-electron chi connectivity index (χ3n) is 5.50. The number of piperidine rings is 1. The predicted molar refractivity (Wildman–Crippen MR) is 107 cm³/mol. The Morgan fingerprint density at radius 2 is 2.28 bits per heavy atom. The van der Waals surface area contributed by atoms with Crippen LogP contribution < -0.4 is 11.1 Å². The number of halogens is 1. The van der Waals surface area contributed by atoms with Gasteiger partial charge in [0, 0.05) is 31.5 Å². The highest BCUT2D eigenvalue weighted by atomic mass is 19.1. The van der Waals surface area contributed by atoms with Crippen LogP contribution in [0.3, 0.4) is 0 Å². The number of methoxy groups -OCH3 is 1. The Labute approximate surface area is 170 Å². The van der Waals surface area contributed by atoms with Crippen molar-refractivity contribution < 1.29 is 14.0 Å². The minimum absolute atomic E-state index is 0.0224. The number of nitrogens with zero attached hydrogens (tertiary/aromatic N) is 4. The molecule has 0 aromatic carbocycles. The van der Waals surface area contributed by atoms with Gasteiger partial charge < -0.3 is 20.7 Å². The summed E-state index contributed by atoms with van der Waals surface area (Å²) in [5, 5.41) is 9.56. The van der Waals surface area contributed by atoms with Crippen molar-refractivity contribution in [3.8, 4) is 0 Å². The maximum absolute atomic E-state index is 14.9. The summed E-state index contributed by atoms with van der Waals surface area (Å²) in [6.07, 6.45) is 5.03. The Balaban J connectivity index is 1.78. The molecule has 0 radical (unpaired) electrons. The van der Waals surface area contributed by atoms with Gasteiger partial charge in [-0.05, 0) is 38.4 Å². The van der Waals surface area contributed by atoms with Crippen molar-refractivity contribution >= 4 is 5.52 Å². The summed E-state index contributed by atoms with van der Waals surface area (Å²) in [6.45, 7) is 3.99. The summed E-state index contributed by atoms with van der Waals surface area (Å²) in [5.74, 6) is -0.203. The van der Waals surface area contributed by atoms with E-state index >= 15 is 0 Å². The fourth-order valence-corrected chi connectivity index (χ4v) is 4.23. The number of nitrogens with one attached hydrogen (secondary N) is 1. The Morgan fingerprint density at radius 1 is 1.41 bits per heavy atom. The van der Waals surface area contributed by atoms with E-state index in [1.165, 1.54) is 0 Å². The van der Waals surface area contributed by atoms with Crippen LogP contribution in [0.2, 0.25) is 0 Å². The van der Waals surface area contributed by atoms with Crippen LogP contribution in [0.1, 0.15) is 31.5 Å². The van der Waals surface area contributed by atoms with Gasteiger partial charge in [0.05, 0.1) is 31.0 Å². The molecule has 0 spiro atoms. The molecule has 0 aliphatic carbocycles.